The summed E-state index contributed by atoms with van der Waals surface area (Å²) in [5.41, 5.74) is -0.0907. The third-order valence-corrected chi connectivity index (χ3v) is 9.90. The molecule has 0 radical (unpaired) electrons. The molecule has 0 aliphatic carbocycles. The smallest absolute Gasteiger partial charge is 0.256 e. The lowest BCUT2D eigenvalue weighted by atomic mass is 9.98. The fourth-order valence-electron chi connectivity index (χ4n) is 5.84. The van der Waals surface area contributed by atoms with Crippen molar-refractivity contribution in [3.8, 4) is 11.3 Å². The Labute approximate surface area is 252 Å². The van der Waals surface area contributed by atoms with E-state index in [0.717, 1.165) is 0 Å². The Hall–Kier alpha value is -3.27. The minimum absolute atomic E-state index is 0.0315. The molecule has 43 heavy (non-hydrogen) atoms. The Balaban J connectivity index is 1.31. The normalized spacial score (nSPS) is 22.9. The first-order chi connectivity index (χ1) is 20.3. The van der Waals surface area contributed by atoms with Gasteiger partial charge in [0.05, 0.1) is 28.5 Å². The molecule has 2 bridgehead atoms. The molecule has 228 valence electrons. The van der Waals surface area contributed by atoms with Crippen LogP contribution in [0.1, 0.15) is 46.0 Å². The van der Waals surface area contributed by atoms with Crippen molar-refractivity contribution in [1.82, 2.24) is 28.8 Å². The van der Waals surface area contributed by atoms with Crippen LogP contribution in [-0.4, -0.2) is 83.2 Å². The van der Waals surface area contributed by atoms with Gasteiger partial charge in [0.25, 0.3) is 16.3 Å². The molecule has 2 aliphatic rings. The third-order valence-electron chi connectivity index (χ3n) is 7.72. The van der Waals surface area contributed by atoms with Gasteiger partial charge in [-0.1, -0.05) is 11.6 Å². The van der Waals surface area contributed by atoms with E-state index in [1.807, 2.05) is 13.8 Å². The van der Waals surface area contributed by atoms with Crippen LogP contribution in [0.25, 0.3) is 22.3 Å². The molecule has 2 aliphatic heterocycles. The summed E-state index contributed by atoms with van der Waals surface area (Å²) >= 11 is 6.49. The summed E-state index contributed by atoms with van der Waals surface area (Å²) in [6, 6.07) is 4.76. The van der Waals surface area contributed by atoms with Gasteiger partial charge in [-0.2, -0.15) is 0 Å². The van der Waals surface area contributed by atoms with Crippen molar-refractivity contribution in [1.29, 1.82) is 0 Å². The van der Waals surface area contributed by atoms with Crippen molar-refractivity contribution in [3.63, 3.8) is 0 Å². The van der Waals surface area contributed by atoms with Crippen molar-refractivity contribution >= 4 is 38.6 Å². The average Bonchev–Trinajstić information content (AvgIpc) is 3.53. The molecule has 2 fully saturated rings. The molecule has 1 aromatic carbocycles. The van der Waals surface area contributed by atoms with Gasteiger partial charge in [0.15, 0.2) is 18.5 Å². The lowest BCUT2D eigenvalue weighted by Gasteiger charge is -2.36. The van der Waals surface area contributed by atoms with Gasteiger partial charge in [0.1, 0.15) is 27.9 Å². The van der Waals surface area contributed by atoms with Crippen molar-refractivity contribution < 1.29 is 27.8 Å². The fourth-order valence-corrected chi connectivity index (χ4v) is 7.75. The van der Waals surface area contributed by atoms with Crippen LogP contribution >= 0.6 is 11.6 Å². The summed E-state index contributed by atoms with van der Waals surface area (Å²) in [6.07, 6.45) is 2.20. The number of hydrogen-bond donors (Lipinski definition) is 3. The quantitative estimate of drug-likeness (QED) is 0.260. The Bertz CT molecular complexity index is 1800. The summed E-state index contributed by atoms with van der Waals surface area (Å²) in [5, 5.41) is 25.2. The Morgan fingerprint density at radius 3 is 2.67 bits per heavy atom. The maximum Gasteiger partial charge on any atom is 0.256 e. The highest BCUT2D eigenvalue weighted by molar-refractivity contribution is 7.89. The van der Waals surface area contributed by atoms with Gasteiger partial charge in [0.2, 0.25) is 5.95 Å². The van der Waals surface area contributed by atoms with Crippen LogP contribution < -0.4 is 5.32 Å². The first-order valence-corrected chi connectivity index (χ1v) is 15.6. The summed E-state index contributed by atoms with van der Waals surface area (Å²) in [6.45, 7) is 7.26. The minimum Gasteiger partial charge on any atom is -0.415 e. The summed E-state index contributed by atoms with van der Waals surface area (Å²) in [7, 11) is -3.93. The predicted molar refractivity (Wildman–Crippen MR) is 157 cm³/mol. The van der Waals surface area contributed by atoms with Gasteiger partial charge < -0.3 is 24.8 Å². The Kier molecular flexibility index (Phi) is 7.42. The average molecular weight is 633 g/mol. The molecule has 0 unspecified atom stereocenters. The first-order valence-electron chi connectivity index (χ1n) is 13.8. The van der Waals surface area contributed by atoms with Crippen LogP contribution in [-0.2, 0) is 15.6 Å². The van der Waals surface area contributed by atoms with Gasteiger partial charge in [-0.05, 0) is 58.4 Å². The lowest BCUT2D eigenvalue weighted by molar-refractivity contribution is -0.147. The maximum atomic E-state index is 15.4. The first kappa shape index (κ1) is 29.8. The molecular weight excluding hydrogens is 601 g/mol. The van der Waals surface area contributed by atoms with Crippen LogP contribution in [0.3, 0.4) is 0 Å². The van der Waals surface area contributed by atoms with Crippen molar-refractivity contribution in [2.24, 2.45) is 0 Å². The topological polar surface area (TPSA) is 159 Å². The fraction of sp³-hybridized carbons (Fsp3) is 0.429. The number of pyridine rings is 1. The number of rotatable bonds is 7. The molecule has 4 aromatic rings. The highest BCUT2D eigenvalue weighted by Gasteiger charge is 2.57. The van der Waals surface area contributed by atoms with Crippen molar-refractivity contribution in [3.05, 3.63) is 59.5 Å². The molecule has 2 saturated heterocycles. The van der Waals surface area contributed by atoms with E-state index in [2.05, 4.69) is 30.0 Å². The number of ether oxygens (including phenoxy) is 1. The number of nitrogens with one attached hydrogen (secondary N) is 1. The number of sulfonamides is 1. The molecule has 12 nitrogen and oxygen atoms in total. The zero-order valence-electron chi connectivity index (χ0n) is 23.8. The SMILES string of the molecule is CC(C)n1c(C(C)(C)O)nc2c(F)cc(-c3nc(N[C@@H]4C[C@H]5C[OH+][C@@H]([C@H]4O)N5S(=O)(=O)c4cccnc4)ncc3Cl)cc21. The third kappa shape index (κ3) is 5.15. The van der Waals surface area contributed by atoms with E-state index in [9.17, 15) is 18.6 Å². The number of aliphatic hydroxyl groups excluding tert-OH is 1. The zero-order chi connectivity index (χ0) is 30.8. The highest BCUT2D eigenvalue weighted by atomic mass is 35.5. The van der Waals surface area contributed by atoms with Crippen molar-refractivity contribution in [2.75, 3.05) is 11.9 Å². The largest absolute Gasteiger partial charge is 0.415 e. The molecule has 4 N–H and O–H groups in total. The molecule has 6 rings (SSSR count). The van der Waals surface area contributed by atoms with Gasteiger partial charge in [-0.25, -0.2) is 27.8 Å². The van der Waals surface area contributed by atoms with Gasteiger partial charge >= 0.3 is 0 Å². The van der Waals surface area contributed by atoms with Gasteiger partial charge in [-0.15, -0.1) is 4.31 Å². The molecule has 0 saturated carbocycles. The number of aromatic nitrogens is 5. The number of benzene rings is 1. The van der Waals surface area contributed by atoms with E-state index >= 15 is 4.39 Å². The zero-order valence-corrected chi connectivity index (χ0v) is 25.4. The number of nitrogens with zero attached hydrogens (tertiary/aromatic N) is 6. The number of anilines is 1. The molecule has 5 heterocycles. The number of imidazole rings is 1. The number of halogens is 2. The molecule has 15 heteroatoms. The van der Waals surface area contributed by atoms with E-state index in [0.29, 0.717) is 16.9 Å². The van der Waals surface area contributed by atoms with E-state index < -0.39 is 45.9 Å². The second-order valence-corrected chi connectivity index (χ2v) is 13.9. The van der Waals surface area contributed by atoms with Crippen LogP contribution in [0.4, 0.5) is 10.3 Å². The standard InChI is InChI=1S/C28H31ClFN7O5S/c1-14(2)36-21-9-15(8-19(30)23(21)34-26(36)28(3,4)39)22-18(29)12-32-27(35-22)33-20-10-16-13-42-25(24(20)38)37(16)43(40,41)17-6-5-7-31-11-17/h5-9,11-12,14,16,20,24-25,38-39H,10,13H2,1-4H3,(H,32,33,35)/p+1/t16-,20+,24-,25-/m0/s1. The van der Waals surface area contributed by atoms with E-state index in [1.165, 1.54) is 35.0 Å². The van der Waals surface area contributed by atoms with Crippen LogP contribution in [0.5, 0.6) is 0 Å². The Morgan fingerprint density at radius 2 is 2.00 bits per heavy atom. The summed E-state index contributed by atoms with van der Waals surface area (Å²) in [5.74, 6) is -0.144. The van der Waals surface area contributed by atoms with Gasteiger partial charge in [0, 0.05) is 24.0 Å². The second-order valence-electron chi connectivity index (χ2n) is 11.6. The molecule has 4 atom stereocenters. The Morgan fingerprint density at radius 1 is 1.23 bits per heavy atom. The molecule has 0 amide bonds. The monoisotopic (exact) mass is 632 g/mol. The maximum absolute atomic E-state index is 15.4. The lowest BCUT2D eigenvalue weighted by Crippen LogP contribution is -2.59. The van der Waals surface area contributed by atoms with E-state index in [-0.39, 0.29) is 46.1 Å². The number of hydrogen-bond acceptors (Lipinski definition) is 9. The molecule has 0 spiro atoms. The molecular formula is C28H32ClFN7O5S+. The number of fused-ring (bicyclic) bond motifs is 3. The van der Waals surface area contributed by atoms with Crippen LogP contribution in [0, 0.1) is 5.82 Å². The predicted octanol–water partition coefficient (Wildman–Crippen LogP) is 2.96. The number of aliphatic hydroxyl groups is 4. The second kappa shape index (κ2) is 10.7. The van der Waals surface area contributed by atoms with Crippen molar-refractivity contribution in [2.45, 2.75) is 75.1 Å². The number of piperidine rings is 1. The van der Waals surface area contributed by atoms with E-state index in [1.54, 1.807) is 30.5 Å². The molecule has 3 aromatic heterocycles. The highest BCUT2D eigenvalue weighted by Crippen LogP contribution is 2.37. The minimum atomic E-state index is -3.93. The van der Waals surface area contributed by atoms with Crippen LogP contribution in [0.2, 0.25) is 5.02 Å². The van der Waals surface area contributed by atoms with Gasteiger partial charge in [-0.3, -0.25) is 4.98 Å². The van der Waals surface area contributed by atoms with Crippen LogP contribution in [0.15, 0.2) is 47.8 Å². The summed E-state index contributed by atoms with van der Waals surface area (Å²) < 4.78 is 49.5. The van der Waals surface area contributed by atoms with E-state index in [4.69, 9.17) is 11.6 Å². The summed E-state index contributed by atoms with van der Waals surface area (Å²) in [4.78, 5) is 17.2.